The second kappa shape index (κ2) is 3.70. The van der Waals surface area contributed by atoms with E-state index in [2.05, 4.69) is 11.9 Å². The van der Waals surface area contributed by atoms with Crippen LogP contribution in [0.25, 0.3) is 0 Å². The monoisotopic (exact) mass is 221 g/mol. The van der Waals surface area contributed by atoms with Crippen molar-refractivity contribution in [3.63, 3.8) is 0 Å². The van der Waals surface area contributed by atoms with Crippen molar-refractivity contribution >= 4 is 17.5 Å². The summed E-state index contributed by atoms with van der Waals surface area (Å²) >= 11 is 5.92. The largest absolute Gasteiger partial charge is 0.343 e. The summed E-state index contributed by atoms with van der Waals surface area (Å²) in [4.78, 5) is 11.3. The van der Waals surface area contributed by atoms with Crippen molar-refractivity contribution < 1.29 is 4.79 Å². The lowest BCUT2D eigenvalue weighted by Gasteiger charge is -2.16. The van der Waals surface area contributed by atoms with Crippen LogP contribution in [0.5, 0.6) is 0 Å². The summed E-state index contributed by atoms with van der Waals surface area (Å²) in [6.07, 6.45) is 3.23. The second-order valence-electron chi connectivity index (χ2n) is 3.79. The summed E-state index contributed by atoms with van der Waals surface area (Å²) in [6.45, 7) is 3.45. The van der Waals surface area contributed by atoms with Gasteiger partial charge >= 0.3 is 0 Å². The summed E-state index contributed by atoms with van der Waals surface area (Å²) in [7, 11) is 0. The van der Waals surface area contributed by atoms with Crippen molar-refractivity contribution in [1.29, 1.82) is 0 Å². The third kappa shape index (κ3) is 2.05. The normalized spacial score (nSPS) is 16.9. The second-order valence-corrected chi connectivity index (χ2v) is 4.22. The highest BCUT2D eigenvalue weighted by Crippen LogP contribution is 2.45. The number of nitrogens with one attached hydrogen (secondary N) is 1. The molecule has 2 nitrogen and oxygen atoms in total. The Balaban J connectivity index is 2.23. The molecule has 2 rings (SSSR count). The van der Waals surface area contributed by atoms with Gasteiger partial charge in [0.05, 0.1) is 5.54 Å². The topological polar surface area (TPSA) is 29.1 Å². The molecule has 1 aromatic rings. The van der Waals surface area contributed by atoms with Gasteiger partial charge in [-0.15, -0.1) is 0 Å². The number of hydrogen-bond donors (Lipinski definition) is 1. The van der Waals surface area contributed by atoms with Crippen molar-refractivity contribution in [2.75, 3.05) is 0 Å². The van der Waals surface area contributed by atoms with Gasteiger partial charge in [-0.05, 0) is 36.6 Å². The standard InChI is InChI=1S/C12H12ClNO/c1-2-11(15)14-12(6-7-12)9-4-3-5-10(13)8-9/h2-5,8H,1,6-7H2,(H,14,15). The number of carbonyl (C=O) groups excluding carboxylic acids is 1. The molecule has 0 aromatic heterocycles. The van der Waals surface area contributed by atoms with Gasteiger partial charge in [0, 0.05) is 5.02 Å². The molecular weight excluding hydrogens is 210 g/mol. The van der Waals surface area contributed by atoms with Gasteiger partial charge < -0.3 is 5.32 Å². The highest BCUT2D eigenvalue weighted by Gasteiger charge is 2.45. The van der Waals surface area contributed by atoms with E-state index in [0.717, 1.165) is 18.4 Å². The van der Waals surface area contributed by atoms with Gasteiger partial charge in [0.1, 0.15) is 0 Å². The van der Waals surface area contributed by atoms with Crippen molar-refractivity contribution in [2.24, 2.45) is 0 Å². The smallest absolute Gasteiger partial charge is 0.244 e. The van der Waals surface area contributed by atoms with E-state index < -0.39 is 0 Å². The van der Waals surface area contributed by atoms with E-state index in [4.69, 9.17) is 11.6 Å². The molecule has 1 fully saturated rings. The number of rotatable bonds is 3. The minimum atomic E-state index is -0.198. The number of amides is 1. The van der Waals surface area contributed by atoms with Crippen LogP contribution >= 0.6 is 11.6 Å². The predicted molar refractivity (Wildman–Crippen MR) is 60.7 cm³/mol. The van der Waals surface area contributed by atoms with Crippen LogP contribution in [0.15, 0.2) is 36.9 Å². The van der Waals surface area contributed by atoms with Crippen LogP contribution in [-0.2, 0) is 10.3 Å². The Labute approximate surface area is 93.9 Å². The average molecular weight is 222 g/mol. The van der Waals surface area contributed by atoms with Crippen LogP contribution in [0, 0.1) is 0 Å². The van der Waals surface area contributed by atoms with Crippen molar-refractivity contribution in [3.8, 4) is 0 Å². The van der Waals surface area contributed by atoms with Crippen LogP contribution < -0.4 is 5.32 Å². The molecule has 0 atom stereocenters. The first-order valence-corrected chi connectivity index (χ1v) is 5.25. The molecule has 1 aliphatic carbocycles. The quantitative estimate of drug-likeness (QED) is 0.782. The fraction of sp³-hybridized carbons (Fsp3) is 0.250. The number of hydrogen-bond acceptors (Lipinski definition) is 1. The molecular formula is C12H12ClNO. The predicted octanol–water partition coefficient (Wildman–Crippen LogP) is 2.63. The SMILES string of the molecule is C=CC(=O)NC1(c2cccc(Cl)c2)CC1. The third-order valence-corrected chi connectivity index (χ3v) is 2.91. The molecule has 0 radical (unpaired) electrons. The molecule has 0 unspecified atom stereocenters. The molecule has 78 valence electrons. The lowest BCUT2D eigenvalue weighted by molar-refractivity contribution is -0.117. The molecule has 1 amide bonds. The Kier molecular flexibility index (Phi) is 2.53. The highest BCUT2D eigenvalue weighted by molar-refractivity contribution is 6.30. The third-order valence-electron chi connectivity index (χ3n) is 2.68. The molecule has 0 bridgehead atoms. The van der Waals surface area contributed by atoms with Crippen LogP contribution in [-0.4, -0.2) is 5.91 Å². The molecule has 1 saturated carbocycles. The maximum atomic E-state index is 11.3. The summed E-state index contributed by atoms with van der Waals surface area (Å²) in [5.41, 5.74) is 0.876. The minimum Gasteiger partial charge on any atom is -0.343 e. The molecule has 1 N–H and O–H groups in total. The first-order chi connectivity index (χ1) is 7.16. The fourth-order valence-electron chi connectivity index (χ4n) is 1.68. The van der Waals surface area contributed by atoms with Gasteiger partial charge in [0.15, 0.2) is 0 Å². The zero-order valence-electron chi connectivity index (χ0n) is 8.29. The van der Waals surface area contributed by atoms with Gasteiger partial charge in [-0.25, -0.2) is 0 Å². The summed E-state index contributed by atoms with van der Waals surface area (Å²) in [5.74, 6) is -0.132. The van der Waals surface area contributed by atoms with Crippen LogP contribution in [0.2, 0.25) is 5.02 Å². The Morgan fingerprint density at radius 2 is 2.27 bits per heavy atom. The zero-order valence-corrected chi connectivity index (χ0v) is 9.05. The summed E-state index contributed by atoms with van der Waals surface area (Å²) in [6, 6.07) is 7.62. The first-order valence-electron chi connectivity index (χ1n) is 4.87. The van der Waals surface area contributed by atoms with E-state index in [1.807, 2.05) is 24.3 Å². The molecule has 1 aliphatic rings. The van der Waals surface area contributed by atoms with Crippen molar-refractivity contribution in [3.05, 3.63) is 47.5 Å². The minimum absolute atomic E-state index is 0.132. The van der Waals surface area contributed by atoms with E-state index in [-0.39, 0.29) is 11.4 Å². The molecule has 1 aromatic carbocycles. The van der Waals surface area contributed by atoms with Gasteiger partial charge in [-0.3, -0.25) is 4.79 Å². The van der Waals surface area contributed by atoms with E-state index in [9.17, 15) is 4.79 Å². The van der Waals surface area contributed by atoms with E-state index in [0.29, 0.717) is 5.02 Å². The number of carbonyl (C=O) groups is 1. The Hall–Kier alpha value is -1.28. The van der Waals surface area contributed by atoms with E-state index in [1.54, 1.807) is 0 Å². The zero-order chi connectivity index (χ0) is 10.9. The summed E-state index contributed by atoms with van der Waals surface area (Å²) in [5, 5.41) is 3.65. The van der Waals surface area contributed by atoms with Crippen LogP contribution in [0.1, 0.15) is 18.4 Å². The van der Waals surface area contributed by atoms with E-state index in [1.165, 1.54) is 6.08 Å². The van der Waals surface area contributed by atoms with Crippen molar-refractivity contribution in [1.82, 2.24) is 5.32 Å². The van der Waals surface area contributed by atoms with Gasteiger partial charge in [0.25, 0.3) is 0 Å². The first kappa shape index (κ1) is 10.2. The van der Waals surface area contributed by atoms with Crippen LogP contribution in [0.4, 0.5) is 0 Å². The fourth-order valence-corrected chi connectivity index (χ4v) is 1.87. The average Bonchev–Trinajstić information content (AvgIpc) is 2.99. The van der Waals surface area contributed by atoms with Gasteiger partial charge in [0.2, 0.25) is 5.91 Å². The summed E-state index contributed by atoms with van der Waals surface area (Å²) < 4.78 is 0. The van der Waals surface area contributed by atoms with Crippen molar-refractivity contribution in [2.45, 2.75) is 18.4 Å². The Bertz CT molecular complexity index is 410. The number of halogens is 1. The Morgan fingerprint density at radius 1 is 1.53 bits per heavy atom. The Morgan fingerprint density at radius 3 is 2.80 bits per heavy atom. The van der Waals surface area contributed by atoms with Gasteiger partial charge in [-0.1, -0.05) is 30.3 Å². The molecule has 0 saturated heterocycles. The molecule has 15 heavy (non-hydrogen) atoms. The molecule has 0 heterocycles. The lowest BCUT2D eigenvalue weighted by Crippen LogP contribution is -2.33. The van der Waals surface area contributed by atoms with Gasteiger partial charge in [-0.2, -0.15) is 0 Å². The maximum Gasteiger partial charge on any atom is 0.244 e. The molecule has 0 spiro atoms. The lowest BCUT2D eigenvalue weighted by atomic mass is 10.1. The maximum absolute atomic E-state index is 11.3. The number of benzene rings is 1. The highest BCUT2D eigenvalue weighted by atomic mass is 35.5. The van der Waals surface area contributed by atoms with E-state index >= 15 is 0 Å². The molecule has 0 aliphatic heterocycles. The molecule has 3 heteroatoms. The van der Waals surface area contributed by atoms with Crippen LogP contribution in [0.3, 0.4) is 0 Å².